The van der Waals surface area contributed by atoms with Gasteiger partial charge < -0.3 is 0 Å². The summed E-state index contributed by atoms with van der Waals surface area (Å²) in [5, 5.41) is 45.4. The van der Waals surface area contributed by atoms with Gasteiger partial charge in [-0.1, -0.05) is 30.3 Å². The van der Waals surface area contributed by atoms with E-state index < -0.39 is 0 Å². The lowest BCUT2D eigenvalue weighted by Gasteiger charge is -1.95. The summed E-state index contributed by atoms with van der Waals surface area (Å²) in [7, 11) is 0. The number of hydrogen-bond donors (Lipinski definition) is 0. The van der Waals surface area contributed by atoms with Crippen LogP contribution >= 0.6 is 0 Å². The van der Waals surface area contributed by atoms with Crippen LogP contribution in [0.2, 0.25) is 0 Å². The molecule has 1 aliphatic rings. The van der Waals surface area contributed by atoms with Gasteiger partial charge in [-0.15, -0.1) is 0 Å². The quantitative estimate of drug-likeness (QED) is 0.732. The van der Waals surface area contributed by atoms with Crippen LogP contribution < -0.4 is 0 Å². The normalized spacial score (nSPS) is 11.1. The Hall–Kier alpha value is -4.11. The minimum Gasteiger partial charge on any atom is -0.192 e. The highest BCUT2D eigenvalue weighted by atomic mass is 14.4. The van der Waals surface area contributed by atoms with E-state index in [0.717, 1.165) is 0 Å². The van der Waals surface area contributed by atoms with Crippen LogP contribution in [0.1, 0.15) is 5.56 Å². The average Bonchev–Trinajstić information content (AvgIpc) is 3.26. The average molecular weight is 279 g/mol. The molecule has 5 heteroatoms. The van der Waals surface area contributed by atoms with Crippen molar-refractivity contribution in [3.63, 3.8) is 0 Å². The zero-order chi connectivity index (χ0) is 16.1. The van der Waals surface area contributed by atoms with Crippen LogP contribution in [0.5, 0.6) is 0 Å². The molecule has 1 aromatic carbocycles. The summed E-state index contributed by atoms with van der Waals surface area (Å²) in [4.78, 5) is 0. The summed E-state index contributed by atoms with van der Waals surface area (Å²) in [5.41, 5.74) is 1.15. The van der Waals surface area contributed by atoms with Crippen molar-refractivity contribution in [1.29, 1.82) is 26.3 Å². The molecule has 1 saturated carbocycles. The topological polar surface area (TPSA) is 119 Å². The lowest BCUT2D eigenvalue weighted by Crippen LogP contribution is -1.80. The molecule has 0 aromatic heterocycles. The van der Waals surface area contributed by atoms with Crippen LogP contribution in [-0.4, -0.2) is 0 Å². The predicted molar refractivity (Wildman–Crippen MR) is 75.5 cm³/mol. The zero-order valence-electron chi connectivity index (χ0n) is 11.1. The molecule has 98 valence electrons. The lowest BCUT2D eigenvalue weighted by atomic mass is 10.1. The van der Waals surface area contributed by atoms with Crippen molar-refractivity contribution in [1.82, 2.24) is 0 Å². The van der Waals surface area contributed by atoms with E-state index in [1.54, 1.807) is 54.6 Å². The summed E-state index contributed by atoms with van der Waals surface area (Å²) < 4.78 is 0. The number of nitrogens with zero attached hydrogens (tertiary/aromatic N) is 5. The third kappa shape index (κ3) is 2.21. The second kappa shape index (κ2) is 5.90. The van der Waals surface area contributed by atoms with Gasteiger partial charge in [0, 0.05) is 16.7 Å². The monoisotopic (exact) mass is 279 g/mol. The van der Waals surface area contributed by atoms with E-state index in [4.69, 9.17) is 21.0 Å². The van der Waals surface area contributed by atoms with Crippen LogP contribution in [0.25, 0.3) is 5.57 Å². The van der Waals surface area contributed by atoms with E-state index in [9.17, 15) is 5.26 Å². The Morgan fingerprint density at radius 2 is 1.05 bits per heavy atom. The molecule has 0 heterocycles. The Kier molecular flexibility index (Phi) is 3.83. The summed E-state index contributed by atoms with van der Waals surface area (Å²) >= 11 is 0. The molecular weight excluding hydrogens is 274 g/mol. The van der Waals surface area contributed by atoms with Gasteiger partial charge in [-0.05, 0) is 5.56 Å². The molecule has 0 bridgehead atoms. The van der Waals surface area contributed by atoms with Crippen LogP contribution in [-0.2, 0) is 0 Å². The van der Waals surface area contributed by atoms with Crippen LogP contribution in [0.4, 0.5) is 0 Å². The Morgan fingerprint density at radius 3 is 1.41 bits per heavy atom. The fourth-order valence-corrected chi connectivity index (χ4v) is 2.08. The van der Waals surface area contributed by atoms with Crippen molar-refractivity contribution < 1.29 is 0 Å². The number of rotatable bonds is 1. The standard InChI is InChI=1S/C17H5N5/c18-6-12(7-19)15-16(13(8-20)9-21)17(15)14(10-22)11-4-2-1-3-5-11/h1-5H. The second-order valence-corrected chi connectivity index (χ2v) is 4.18. The second-order valence-electron chi connectivity index (χ2n) is 4.18. The molecule has 0 spiro atoms. The maximum Gasteiger partial charge on any atom is 0.138 e. The molecule has 22 heavy (non-hydrogen) atoms. The molecule has 2 rings (SSSR count). The van der Waals surface area contributed by atoms with Crippen LogP contribution in [0.3, 0.4) is 0 Å². The van der Waals surface area contributed by atoms with Crippen molar-refractivity contribution in [2.45, 2.75) is 0 Å². The molecule has 0 atom stereocenters. The Balaban J connectivity index is 2.86. The van der Waals surface area contributed by atoms with Crippen molar-refractivity contribution in [3.8, 4) is 30.3 Å². The highest BCUT2D eigenvalue weighted by Gasteiger charge is 2.40. The highest BCUT2D eigenvalue weighted by Crippen LogP contribution is 2.52. The fraction of sp³-hybridized carbons (Fsp3) is 0. The number of benzene rings is 1. The number of allylic oxidation sites excluding steroid dienone is 6. The molecular formula is C17H5N5. The highest BCUT2D eigenvalue weighted by molar-refractivity contribution is 6.00. The van der Waals surface area contributed by atoms with E-state index in [0.29, 0.717) is 11.1 Å². The van der Waals surface area contributed by atoms with Crippen LogP contribution in [0, 0.1) is 56.7 Å². The molecule has 1 aliphatic carbocycles. The fourth-order valence-electron chi connectivity index (χ4n) is 2.08. The van der Waals surface area contributed by atoms with E-state index in [1.165, 1.54) is 0 Å². The van der Waals surface area contributed by atoms with Crippen molar-refractivity contribution in [3.05, 3.63) is 63.8 Å². The molecule has 0 amide bonds. The van der Waals surface area contributed by atoms with Gasteiger partial charge in [0.05, 0.1) is 5.57 Å². The molecule has 1 fully saturated rings. The van der Waals surface area contributed by atoms with Crippen LogP contribution in [0.15, 0.2) is 58.2 Å². The Bertz CT molecular complexity index is 874. The van der Waals surface area contributed by atoms with E-state index in [1.807, 2.05) is 6.07 Å². The summed E-state index contributed by atoms with van der Waals surface area (Å²) in [6, 6.07) is 17.6. The molecule has 1 aromatic rings. The van der Waals surface area contributed by atoms with Gasteiger partial charge in [0.25, 0.3) is 0 Å². The smallest absolute Gasteiger partial charge is 0.138 e. The van der Waals surface area contributed by atoms with Gasteiger partial charge in [-0.3, -0.25) is 0 Å². The first-order valence-corrected chi connectivity index (χ1v) is 6.03. The van der Waals surface area contributed by atoms with Crippen molar-refractivity contribution in [2.24, 2.45) is 0 Å². The maximum absolute atomic E-state index is 9.40. The lowest BCUT2D eigenvalue weighted by molar-refractivity contribution is 1.45. The minimum absolute atomic E-state index is 0.211. The third-order valence-corrected chi connectivity index (χ3v) is 3.06. The first-order valence-electron chi connectivity index (χ1n) is 6.03. The molecule has 0 aliphatic heterocycles. The first kappa shape index (κ1) is 14.3. The van der Waals surface area contributed by atoms with Gasteiger partial charge in [-0.25, -0.2) is 0 Å². The largest absolute Gasteiger partial charge is 0.192 e. The summed E-state index contributed by atoms with van der Waals surface area (Å²) in [5.74, 6) is 0. The minimum atomic E-state index is -0.211. The molecule has 0 saturated heterocycles. The number of nitriles is 5. The SMILES string of the molecule is N#CC(C#N)=C1C(=C(C#N)C#N)C1=C(C#N)c1ccccc1. The number of hydrogen-bond acceptors (Lipinski definition) is 5. The summed E-state index contributed by atoms with van der Waals surface area (Å²) in [6.45, 7) is 0. The van der Waals surface area contributed by atoms with Gasteiger partial charge in [0.2, 0.25) is 0 Å². The third-order valence-electron chi connectivity index (χ3n) is 3.06. The van der Waals surface area contributed by atoms with Crippen molar-refractivity contribution in [2.75, 3.05) is 0 Å². The Morgan fingerprint density at radius 1 is 0.591 bits per heavy atom. The predicted octanol–water partition coefficient (Wildman–Crippen LogP) is 2.66. The molecule has 0 unspecified atom stereocenters. The van der Waals surface area contributed by atoms with Gasteiger partial charge >= 0.3 is 0 Å². The Labute approximate surface area is 126 Å². The summed E-state index contributed by atoms with van der Waals surface area (Å²) in [6.07, 6.45) is 0. The maximum atomic E-state index is 9.40. The molecule has 0 radical (unpaired) electrons. The molecule has 0 N–H and O–H groups in total. The molecule has 5 nitrogen and oxygen atoms in total. The van der Waals surface area contributed by atoms with E-state index >= 15 is 0 Å². The van der Waals surface area contributed by atoms with Crippen molar-refractivity contribution >= 4 is 5.57 Å². The first-order chi connectivity index (χ1) is 10.7. The van der Waals surface area contributed by atoms with E-state index in [2.05, 4.69) is 0 Å². The zero-order valence-corrected chi connectivity index (χ0v) is 11.1. The van der Waals surface area contributed by atoms with Gasteiger partial charge in [0.1, 0.15) is 41.5 Å². The van der Waals surface area contributed by atoms with Gasteiger partial charge in [-0.2, -0.15) is 26.3 Å². The van der Waals surface area contributed by atoms with E-state index in [-0.39, 0.29) is 27.9 Å². The van der Waals surface area contributed by atoms with Gasteiger partial charge in [0.15, 0.2) is 0 Å².